The van der Waals surface area contributed by atoms with E-state index in [0.717, 1.165) is 18.7 Å². The molecule has 0 saturated heterocycles. The summed E-state index contributed by atoms with van der Waals surface area (Å²) in [5.74, 6) is 0. The Hall–Kier alpha value is 3.55. The zero-order valence-electron chi connectivity index (χ0n) is 70.3. The topological polar surface area (TPSA) is 196 Å². The zero-order valence-corrected chi connectivity index (χ0v) is 90.5. The molecular weight excluding hydrogens is 1530 g/mol. The van der Waals surface area contributed by atoms with Crippen molar-refractivity contribution in [2.45, 2.75) is 258 Å². The molecule has 98 heavy (non-hydrogen) atoms. The molecule has 0 atom stereocenters. The Bertz CT molecular complexity index is 2170. The third-order valence-electron chi connectivity index (χ3n) is 11.6. The van der Waals surface area contributed by atoms with Gasteiger partial charge in [0.15, 0.2) is 33.3 Å². The molecule has 0 fully saturated rings. The Balaban J connectivity index is -0.000000104. The van der Waals surface area contributed by atoms with Gasteiger partial charge < -0.3 is 61.4 Å². The Morgan fingerprint density at radius 1 is 0.347 bits per heavy atom. The van der Waals surface area contributed by atoms with Crippen LogP contribution in [0.1, 0.15) is 23.7 Å². The van der Waals surface area contributed by atoms with Crippen LogP contribution in [0.4, 0.5) is 0 Å². The summed E-state index contributed by atoms with van der Waals surface area (Å²) in [6, 6.07) is 31.4. The Morgan fingerprint density at radius 2 is 0.592 bits per heavy atom. The van der Waals surface area contributed by atoms with E-state index in [9.17, 15) is 4.80 Å². The van der Waals surface area contributed by atoms with Crippen LogP contribution in [0, 0.1) is 0 Å². The molecule has 0 aliphatic rings. The molecule has 16 nitrogen and oxygen atoms in total. The minimum absolute atomic E-state index is 0. The van der Waals surface area contributed by atoms with Gasteiger partial charge in [-0.15, -0.1) is 0 Å². The second-order valence-corrected chi connectivity index (χ2v) is 95.9. The van der Waals surface area contributed by atoms with Crippen LogP contribution >= 0.6 is 0 Å². The molecule has 0 spiro atoms. The molecule has 576 valence electrons. The van der Waals surface area contributed by atoms with E-state index in [2.05, 4.69) is 298 Å². The first-order valence-corrected chi connectivity index (χ1v) is 80.2. The van der Waals surface area contributed by atoms with Crippen LogP contribution in [0.3, 0.4) is 0 Å². The van der Waals surface area contributed by atoms with Gasteiger partial charge in [-0.1, -0.05) is 166 Å². The predicted octanol–water partition coefficient (Wildman–Crippen LogP) is 11.4. The van der Waals surface area contributed by atoms with Crippen LogP contribution < -0.4 is 145 Å². The molecule has 0 heterocycles. The quantitative estimate of drug-likeness (QED) is 0.0363. The van der Waals surface area contributed by atoms with Crippen LogP contribution in [0.2, 0.25) is 236 Å². The summed E-state index contributed by atoms with van der Waals surface area (Å²) < 4.78 is 63.8. The van der Waals surface area contributed by atoms with E-state index in [4.69, 9.17) is 49.0 Å². The van der Waals surface area contributed by atoms with Crippen molar-refractivity contribution in [1.29, 1.82) is 0 Å². The molecule has 33 heteroatoms. The third-order valence-corrected chi connectivity index (χ3v) is 34.3. The summed E-state index contributed by atoms with van der Waals surface area (Å²) >= 11 is 0. The van der Waals surface area contributed by atoms with E-state index in [0.29, 0.717) is 12.5 Å². The van der Waals surface area contributed by atoms with Crippen molar-refractivity contribution in [2.24, 2.45) is 0 Å². The average Bonchev–Trinajstić information content (AvgIpc) is 0.807. The van der Waals surface area contributed by atoms with Crippen LogP contribution in [-0.4, -0.2) is 178 Å². The van der Waals surface area contributed by atoms with E-state index in [1.165, 1.54) is 15.6 Å². The Morgan fingerprint density at radius 3 is 0.796 bits per heavy atom. The van der Waals surface area contributed by atoms with Gasteiger partial charge >= 0.3 is 103 Å². The van der Waals surface area contributed by atoms with Gasteiger partial charge in [-0.05, 0) is 188 Å². The van der Waals surface area contributed by atoms with E-state index in [1.807, 2.05) is 38.4 Å². The van der Waals surface area contributed by atoms with Crippen molar-refractivity contribution >= 4 is 141 Å². The van der Waals surface area contributed by atoms with Crippen LogP contribution in [0.15, 0.2) is 91.0 Å². The number of hydrogen-bond donors (Lipinski definition) is 4. The van der Waals surface area contributed by atoms with Gasteiger partial charge in [0.2, 0.25) is 33.3 Å². The van der Waals surface area contributed by atoms with E-state index in [-0.39, 0.29) is 141 Å². The first kappa shape index (κ1) is 122. The van der Waals surface area contributed by atoms with Crippen molar-refractivity contribution < 1.29 is 158 Å². The van der Waals surface area contributed by atoms with Gasteiger partial charge in [-0.3, -0.25) is 8.80 Å². The number of hydrogen-bond acceptors (Lipinski definition) is 16. The molecule has 3 aromatic carbocycles. The molecule has 0 aliphatic heterocycles. The van der Waals surface area contributed by atoms with Crippen molar-refractivity contribution in [3.63, 3.8) is 0 Å². The standard InChI is InChI=1S/C14H16OSi.C12H35NO3Si4.C11H32NO4Si4.C9H27NO2Si3.C9H14OSi.C4H12OSi.C3H9Si.3CH4.2K.H3N.H/c1-15-16(2,13-9-5-3-6-10-13)14-11-7-4-8-12-14;1-17(2,3)11-15-20(9,10)13-16-19(7,8)12-14-18(4,5)6;1-17(2,3)14-11-19(6,7)16-12-20(8,9)15-10-18(4,5)13;1-13(2,3)10-12-15(7,8)9-11-14(4,5)6;1-10-11(2,3)9-7-5-4-6-8-9;1-5-6(2,3)4;1-4(2)3;;;;;;;/h3-12H,1-2H3;13H,11-12H2,1-10H3;12H,10-11H2,1-9H3;10H,9H2,1-8H3;4-8H,1-3H3;1-4H3;1-3H3;3*1H4;;;1H3;/q;;-1;;;;-1;;;;2*+1;;-1. The summed E-state index contributed by atoms with van der Waals surface area (Å²) in [6.07, 6.45) is 3.43. The van der Waals surface area contributed by atoms with E-state index in [1.54, 1.807) is 27.3 Å². The molecule has 3 aromatic rings. The van der Waals surface area contributed by atoms with Gasteiger partial charge in [-0.2, -0.15) is 19.6 Å². The van der Waals surface area contributed by atoms with Crippen molar-refractivity contribution in [3.05, 3.63) is 91.0 Å². The fourth-order valence-corrected chi connectivity index (χ4v) is 31.6. The summed E-state index contributed by atoms with van der Waals surface area (Å²) in [5, 5.41) is 13.6. The first-order valence-electron chi connectivity index (χ1n) is 32.7. The molecule has 0 aliphatic carbocycles. The molecule has 0 unspecified atom stereocenters. The van der Waals surface area contributed by atoms with Crippen molar-refractivity contribution in [2.75, 3.05) is 52.5 Å². The van der Waals surface area contributed by atoms with Crippen molar-refractivity contribution in [1.82, 2.24) is 21.6 Å². The normalized spacial score (nSPS) is 12.5. The monoisotopic (exact) mass is 1690 g/mol. The second-order valence-electron chi connectivity index (χ2n) is 34.1. The molecule has 0 bridgehead atoms. The molecule has 3 rings (SSSR count). The largest absolute Gasteiger partial charge is 1.00 e. The summed E-state index contributed by atoms with van der Waals surface area (Å²) in [7, 11) is -18.0. The fourth-order valence-electron chi connectivity index (χ4n) is 5.75. The third kappa shape index (κ3) is 79.1. The van der Waals surface area contributed by atoms with Gasteiger partial charge in [-0.25, -0.2) is 15.4 Å². The maximum Gasteiger partial charge on any atom is 1.00 e. The molecule has 0 saturated carbocycles. The Labute approximate surface area is 712 Å². The van der Waals surface area contributed by atoms with Crippen LogP contribution in [-0.2, 0) is 49.0 Å². The fraction of sp³-hybridized carbons (Fsp3) is 0.723. The maximum atomic E-state index is 11.7. The van der Waals surface area contributed by atoms with Gasteiger partial charge in [0.25, 0.3) is 25.3 Å². The number of nitrogens with one attached hydrogen (secondary N) is 3. The number of benzene rings is 3. The molecule has 0 amide bonds. The second kappa shape index (κ2) is 55.9. The minimum atomic E-state index is -2.42. The summed E-state index contributed by atoms with van der Waals surface area (Å²) in [4.78, 5) is 11.7. The molecule has 0 aromatic heterocycles. The molecular formula is C65H161K2N4O12Si15-. The number of rotatable bonds is 30. The van der Waals surface area contributed by atoms with Gasteiger partial charge in [0.1, 0.15) is 8.24 Å². The van der Waals surface area contributed by atoms with Crippen LogP contribution in [0.25, 0.3) is 0 Å². The summed E-state index contributed by atoms with van der Waals surface area (Å²) in [5.41, 5.74) is 0. The molecule has 6 N–H and O–H groups in total. The predicted molar refractivity (Wildman–Crippen MR) is 465 cm³/mol. The van der Waals surface area contributed by atoms with Crippen LogP contribution in [0.5, 0.6) is 0 Å². The Kier molecular flexibility index (Phi) is 69.8. The maximum absolute atomic E-state index is 11.7. The minimum Gasteiger partial charge on any atom is -1.00 e. The zero-order chi connectivity index (χ0) is 73.4. The van der Waals surface area contributed by atoms with Crippen molar-refractivity contribution in [3.8, 4) is 0 Å². The summed E-state index contributed by atoms with van der Waals surface area (Å²) in [6.45, 7) is 78.2. The smallest absolute Gasteiger partial charge is 1.00 e. The molecule has 0 radical (unpaired) electrons. The average molecular weight is 1690 g/mol. The van der Waals surface area contributed by atoms with E-state index < -0.39 is 116 Å². The van der Waals surface area contributed by atoms with Gasteiger partial charge in [0.05, 0.1) is 26.8 Å². The van der Waals surface area contributed by atoms with E-state index >= 15 is 0 Å². The first-order chi connectivity index (χ1) is 40.9. The van der Waals surface area contributed by atoms with Gasteiger partial charge in [0, 0.05) is 33.8 Å². The SMILES string of the molecule is C.C.C.CO[Si](C)(C)C.CO[Si](C)(C)c1ccccc1.CO[Si](C)(c1ccccc1)c1ccccc1.C[Si-](C)C.C[Si](C)(C)CO[Si](C)(C)NO[Si](C)(C)CO[Si](C)(C)C.C[Si](C)(C)NO[Si](C)(C)CO[Si](C)(C)C.C[Si](C)([O-])CO[Si](C)(C)NO[Si](C)(C)CO[Si](C)(C)C.N.[H-].[K+].[K+].